The molecule has 0 heterocycles. The lowest BCUT2D eigenvalue weighted by atomic mass is 9.77. The molecule has 3 rings (SSSR count). The number of alkyl halides is 3. The summed E-state index contributed by atoms with van der Waals surface area (Å²) in [5, 5.41) is 12.0. The molecule has 0 saturated heterocycles. The third kappa shape index (κ3) is 6.72. The average Bonchev–Trinajstić information content (AvgIpc) is 2.76. The number of aryl methyl sites for hydroxylation is 1. The Morgan fingerprint density at radius 1 is 1.17 bits per heavy atom. The van der Waals surface area contributed by atoms with Gasteiger partial charge in [0.05, 0.1) is 34.8 Å². The summed E-state index contributed by atoms with van der Waals surface area (Å²) >= 11 is 0. The van der Waals surface area contributed by atoms with Crippen LogP contribution < -0.4 is 5.32 Å². The van der Waals surface area contributed by atoms with E-state index in [-0.39, 0.29) is 17.9 Å². The van der Waals surface area contributed by atoms with E-state index in [0.717, 1.165) is 12.1 Å². The van der Waals surface area contributed by atoms with Gasteiger partial charge in [0.1, 0.15) is 11.4 Å². The first kappa shape index (κ1) is 26.9. The molecular formula is C27H28F3N3O3. The highest BCUT2D eigenvalue weighted by Crippen LogP contribution is 2.36. The fourth-order valence-corrected chi connectivity index (χ4v) is 4.23. The molecule has 1 saturated carbocycles. The van der Waals surface area contributed by atoms with E-state index in [4.69, 9.17) is 4.74 Å². The van der Waals surface area contributed by atoms with Crippen LogP contribution in [0, 0.1) is 24.2 Å². The van der Waals surface area contributed by atoms with Crippen molar-refractivity contribution in [2.45, 2.75) is 64.8 Å². The number of nitriles is 1. The molecule has 0 spiro atoms. The number of carbonyl (C=O) groups is 2. The van der Waals surface area contributed by atoms with Gasteiger partial charge in [-0.2, -0.15) is 18.4 Å². The molecule has 2 aromatic rings. The van der Waals surface area contributed by atoms with Crippen LogP contribution in [0.5, 0.6) is 0 Å². The Balaban J connectivity index is 2.10. The van der Waals surface area contributed by atoms with Gasteiger partial charge in [0.25, 0.3) is 0 Å². The number of alkyl carbamates (subject to hydrolysis) is 1. The molecular weight excluding hydrogens is 471 g/mol. The molecule has 2 unspecified atom stereocenters. The number of halogens is 3. The number of aliphatic imine (C=N–C) groups is 1. The summed E-state index contributed by atoms with van der Waals surface area (Å²) in [6.07, 6.45) is -4.15. The molecule has 6 nitrogen and oxygen atoms in total. The molecule has 0 aliphatic heterocycles. The van der Waals surface area contributed by atoms with Gasteiger partial charge in [0.15, 0.2) is 0 Å². The summed E-state index contributed by atoms with van der Waals surface area (Å²) in [5.41, 5.74) is 0.514. The van der Waals surface area contributed by atoms with Gasteiger partial charge in [0, 0.05) is 12.1 Å². The lowest BCUT2D eigenvalue weighted by Gasteiger charge is -2.33. The van der Waals surface area contributed by atoms with Crippen LogP contribution in [-0.4, -0.2) is 23.2 Å². The maximum Gasteiger partial charge on any atom is 0.416 e. The minimum atomic E-state index is -4.53. The van der Waals surface area contributed by atoms with Gasteiger partial charge in [-0.05, 0) is 82.0 Å². The molecule has 9 heteroatoms. The smallest absolute Gasteiger partial charge is 0.416 e. The van der Waals surface area contributed by atoms with Crippen LogP contribution in [-0.2, 0) is 15.7 Å². The summed E-state index contributed by atoms with van der Waals surface area (Å²) in [4.78, 5) is 30.5. The van der Waals surface area contributed by atoms with Gasteiger partial charge < -0.3 is 10.1 Å². The first-order chi connectivity index (χ1) is 16.8. The molecule has 0 bridgehead atoms. The first-order valence-electron chi connectivity index (χ1n) is 11.6. The summed E-state index contributed by atoms with van der Waals surface area (Å²) in [6.45, 7) is 6.89. The van der Waals surface area contributed by atoms with E-state index in [2.05, 4.69) is 16.4 Å². The number of carbonyl (C=O) groups excluding carboxylic acids is 2. The predicted octanol–water partition coefficient (Wildman–Crippen LogP) is 6.59. The molecule has 2 atom stereocenters. The van der Waals surface area contributed by atoms with Crippen molar-refractivity contribution in [1.82, 2.24) is 5.32 Å². The van der Waals surface area contributed by atoms with Crippen molar-refractivity contribution in [3.05, 3.63) is 64.7 Å². The van der Waals surface area contributed by atoms with Gasteiger partial charge >= 0.3 is 12.3 Å². The minimum Gasteiger partial charge on any atom is -0.444 e. The SMILES string of the molecule is Cc1cc(C#N)ccc1C(NC(=O)OC(C)(C)C)C1C(=O)CCCC1=Nc1cccc(C(F)(F)F)c1. The number of nitrogens with zero attached hydrogens (tertiary/aromatic N) is 2. The van der Waals surface area contributed by atoms with Crippen molar-refractivity contribution in [1.29, 1.82) is 5.26 Å². The monoisotopic (exact) mass is 499 g/mol. The third-order valence-corrected chi connectivity index (χ3v) is 5.75. The number of ether oxygens (including phenoxy) is 1. The molecule has 0 aromatic heterocycles. The van der Waals surface area contributed by atoms with Gasteiger partial charge in [-0.25, -0.2) is 4.79 Å². The zero-order valence-corrected chi connectivity index (χ0v) is 20.6. The Hall–Kier alpha value is -3.67. The second-order valence-corrected chi connectivity index (χ2v) is 9.76. The van der Waals surface area contributed by atoms with Crippen molar-refractivity contribution >= 4 is 23.3 Å². The predicted molar refractivity (Wildman–Crippen MR) is 129 cm³/mol. The van der Waals surface area contributed by atoms with Crippen LogP contribution in [0.3, 0.4) is 0 Å². The van der Waals surface area contributed by atoms with Crippen molar-refractivity contribution in [3.8, 4) is 6.07 Å². The summed E-state index contributed by atoms with van der Waals surface area (Å²) < 4.78 is 45.1. The van der Waals surface area contributed by atoms with Crippen LogP contribution in [0.2, 0.25) is 0 Å². The van der Waals surface area contributed by atoms with E-state index in [0.29, 0.717) is 35.2 Å². The summed E-state index contributed by atoms with van der Waals surface area (Å²) in [5.74, 6) is -1.09. The topological polar surface area (TPSA) is 91.5 Å². The first-order valence-corrected chi connectivity index (χ1v) is 11.6. The van der Waals surface area contributed by atoms with Gasteiger partial charge in [-0.1, -0.05) is 12.1 Å². The number of nitrogens with one attached hydrogen (secondary N) is 1. The largest absolute Gasteiger partial charge is 0.444 e. The van der Waals surface area contributed by atoms with Crippen LogP contribution in [0.1, 0.15) is 68.3 Å². The second kappa shape index (κ2) is 10.5. The molecule has 1 amide bonds. The summed E-state index contributed by atoms with van der Waals surface area (Å²) in [7, 11) is 0. The normalized spacial score (nSPS) is 18.4. The van der Waals surface area contributed by atoms with Crippen molar-refractivity contribution in [2.24, 2.45) is 10.9 Å². The fourth-order valence-electron chi connectivity index (χ4n) is 4.23. The quantitative estimate of drug-likeness (QED) is 0.514. The number of hydrogen-bond donors (Lipinski definition) is 1. The highest BCUT2D eigenvalue weighted by Gasteiger charge is 2.38. The molecule has 0 radical (unpaired) electrons. The molecule has 1 fully saturated rings. The van der Waals surface area contributed by atoms with Gasteiger partial charge in [-0.15, -0.1) is 0 Å². The molecule has 1 aliphatic rings. The van der Waals surface area contributed by atoms with E-state index in [9.17, 15) is 28.0 Å². The molecule has 1 aliphatic carbocycles. The van der Waals surface area contributed by atoms with E-state index in [1.807, 2.05) is 0 Å². The highest BCUT2D eigenvalue weighted by atomic mass is 19.4. The average molecular weight is 500 g/mol. The zero-order valence-electron chi connectivity index (χ0n) is 20.6. The van der Waals surface area contributed by atoms with E-state index in [1.165, 1.54) is 12.1 Å². The van der Waals surface area contributed by atoms with Crippen LogP contribution in [0.25, 0.3) is 0 Å². The molecule has 36 heavy (non-hydrogen) atoms. The van der Waals surface area contributed by atoms with E-state index < -0.39 is 35.4 Å². The second-order valence-electron chi connectivity index (χ2n) is 9.76. The maximum absolute atomic E-state index is 13.2. The Morgan fingerprint density at radius 2 is 1.89 bits per heavy atom. The van der Waals surface area contributed by atoms with Crippen LogP contribution in [0.15, 0.2) is 47.5 Å². The van der Waals surface area contributed by atoms with E-state index >= 15 is 0 Å². The van der Waals surface area contributed by atoms with E-state index in [1.54, 1.807) is 45.9 Å². The highest BCUT2D eigenvalue weighted by molar-refractivity contribution is 6.09. The lowest BCUT2D eigenvalue weighted by molar-refractivity contribution is -0.137. The molecule has 1 N–H and O–H groups in total. The maximum atomic E-state index is 13.2. The zero-order chi connectivity index (χ0) is 26.7. The third-order valence-electron chi connectivity index (χ3n) is 5.75. The Morgan fingerprint density at radius 3 is 2.50 bits per heavy atom. The number of hydrogen-bond acceptors (Lipinski definition) is 5. The van der Waals surface area contributed by atoms with Gasteiger partial charge in [0.2, 0.25) is 0 Å². The number of rotatable bonds is 4. The van der Waals surface area contributed by atoms with Crippen LogP contribution in [0.4, 0.5) is 23.7 Å². The van der Waals surface area contributed by atoms with Crippen molar-refractivity contribution in [2.75, 3.05) is 0 Å². The van der Waals surface area contributed by atoms with Crippen LogP contribution >= 0.6 is 0 Å². The number of ketones is 1. The van der Waals surface area contributed by atoms with Gasteiger partial charge in [-0.3, -0.25) is 9.79 Å². The molecule has 2 aromatic carbocycles. The number of amides is 1. The summed E-state index contributed by atoms with van der Waals surface area (Å²) in [6, 6.07) is 10.7. The Kier molecular flexibility index (Phi) is 7.87. The number of Topliss-reactive ketones (excluding diaryl/α,β-unsaturated/α-hetero) is 1. The molecule has 190 valence electrons. The number of benzene rings is 2. The fraction of sp³-hybridized carbons (Fsp3) is 0.407. The minimum absolute atomic E-state index is 0.0760. The Labute approximate surface area is 208 Å². The standard InChI is InChI=1S/C27H28F3N3O3/c1-16-13-17(15-31)11-12-20(16)24(33-25(35)36-26(2,3)4)23-21(9-6-10-22(23)34)32-19-8-5-7-18(14-19)27(28,29)30/h5,7-8,11-14,23-24H,6,9-10H2,1-4H3,(H,33,35). The lowest BCUT2D eigenvalue weighted by Crippen LogP contribution is -2.44. The van der Waals surface area contributed by atoms with Crippen molar-refractivity contribution in [3.63, 3.8) is 0 Å². The van der Waals surface area contributed by atoms with Crippen molar-refractivity contribution < 1.29 is 27.5 Å². The Bertz CT molecular complexity index is 1220.